The number of halogens is 4. The Hall–Kier alpha value is -2.82. The summed E-state index contributed by atoms with van der Waals surface area (Å²) in [5, 5.41) is 7.04. The van der Waals surface area contributed by atoms with E-state index in [1.807, 2.05) is 0 Å². The van der Waals surface area contributed by atoms with Crippen LogP contribution in [0.25, 0.3) is 16.9 Å². The summed E-state index contributed by atoms with van der Waals surface area (Å²) in [5.41, 5.74) is 0.870. The Morgan fingerprint density at radius 2 is 1.88 bits per heavy atom. The average Bonchev–Trinajstić information content (AvgIpc) is 3.06. The van der Waals surface area contributed by atoms with Crippen molar-refractivity contribution in [1.82, 2.24) is 24.6 Å². The van der Waals surface area contributed by atoms with Gasteiger partial charge in [0, 0.05) is 31.1 Å². The molecule has 3 heterocycles. The first-order valence-corrected chi connectivity index (χ1v) is 7.37. The molecule has 0 amide bonds. The number of alkyl halides is 4. The van der Waals surface area contributed by atoms with E-state index < -0.39 is 24.5 Å². The van der Waals surface area contributed by atoms with E-state index in [1.165, 1.54) is 37.6 Å². The van der Waals surface area contributed by atoms with E-state index in [1.54, 1.807) is 0 Å². The smallest absolute Gasteiger partial charge is 0.417 e. The molecule has 0 saturated heterocycles. The third kappa shape index (κ3) is 3.43. The number of hydrogen-bond donors (Lipinski definition) is 0. The van der Waals surface area contributed by atoms with Crippen LogP contribution in [0.4, 0.5) is 17.6 Å². The van der Waals surface area contributed by atoms with Crippen LogP contribution in [0.2, 0.25) is 0 Å². The number of hydrogen-bond acceptors (Lipinski definition) is 6. The normalized spacial score (nSPS) is 13.3. The molecule has 0 aliphatic rings. The molecule has 0 unspecified atom stereocenters. The summed E-state index contributed by atoms with van der Waals surface area (Å²) in [6.45, 7) is 1.22. The third-order valence-electron chi connectivity index (χ3n) is 3.50. The van der Waals surface area contributed by atoms with E-state index in [9.17, 15) is 17.6 Å². The van der Waals surface area contributed by atoms with E-state index in [2.05, 4.69) is 24.9 Å². The van der Waals surface area contributed by atoms with Crippen molar-refractivity contribution in [1.29, 1.82) is 0 Å². The van der Waals surface area contributed by atoms with Crippen molar-refractivity contribution in [2.45, 2.75) is 25.6 Å². The summed E-state index contributed by atoms with van der Waals surface area (Å²) in [6, 6.07) is 2.91. The average molecular weight is 371 g/mol. The lowest BCUT2D eigenvalue weighted by atomic mass is 10.2. The summed E-state index contributed by atoms with van der Waals surface area (Å²) in [7, 11) is 0.853. The van der Waals surface area contributed by atoms with Crippen LogP contribution in [-0.4, -0.2) is 44.2 Å². The van der Waals surface area contributed by atoms with Crippen molar-refractivity contribution in [3.63, 3.8) is 0 Å². The fourth-order valence-electron chi connectivity index (χ4n) is 2.08. The largest absolute Gasteiger partial charge is 0.469 e. The van der Waals surface area contributed by atoms with E-state index in [0.717, 1.165) is 11.5 Å². The molecule has 26 heavy (non-hydrogen) atoms. The van der Waals surface area contributed by atoms with Crippen molar-refractivity contribution in [3.8, 4) is 17.1 Å². The summed E-state index contributed by atoms with van der Waals surface area (Å²) >= 11 is 0. The molecule has 0 aliphatic heterocycles. The van der Waals surface area contributed by atoms with E-state index in [4.69, 9.17) is 4.74 Å². The van der Waals surface area contributed by atoms with Crippen LogP contribution in [0.5, 0.6) is 5.88 Å². The molecule has 0 spiro atoms. The molecule has 0 radical (unpaired) electrons. The Morgan fingerprint density at radius 1 is 1.12 bits per heavy atom. The zero-order chi connectivity index (χ0) is 18.9. The minimum Gasteiger partial charge on any atom is -0.469 e. The molecule has 0 aromatic carbocycles. The van der Waals surface area contributed by atoms with Crippen molar-refractivity contribution >= 4 is 5.65 Å². The molecule has 3 aromatic rings. The fourth-order valence-corrected chi connectivity index (χ4v) is 2.08. The van der Waals surface area contributed by atoms with Gasteiger partial charge in [0.25, 0.3) is 6.43 Å². The molecule has 138 valence electrons. The molecule has 0 fully saturated rings. The van der Waals surface area contributed by atoms with Gasteiger partial charge >= 0.3 is 6.11 Å². The van der Waals surface area contributed by atoms with Gasteiger partial charge in [-0.3, -0.25) is 9.38 Å². The number of aromatic nitrogens is 5. The third-order valence-corrected chi connectivity index (χ3v) is 3.50. The fraction of sp³-hybridized carbons (Fsp3) is 0.333. The van der Waals surface area contributed by atoms with Crippen LogP contribution in [-0.2, 0) is 10.8 Å². The molecule has 11 heteroatoms. The molecule has 0 aliphatic carbocycles. The van der Waals surface area contributed by atoms with Gasteiger partial charge in [-0.1, -0.05) is 0 Å². The van der Waals surface area contributed by atoms with Crippen molar-refractivity contribution in [2.24, 2.45) is 0 Å². The monoisotopic (exact) mass is 371 g/mol. The maximum atomic E-state index is 13.8. The second-order valence-corrected chi connectivity index (χ2v) is 5.29. The van der Waals surface area contributed by atoms with Crippen molar-refractivity contribution in [3.05, 3.63) is 36.5 Å². The maximum Gasteiger partial charge on any atom is 0.417 e. The molecular weight excluding hydrogens is 358 g/mol. The van der Waals surface area contributed by atoms with Gasteiger partial charge in [0.15, 0.2) is 11.8 Å². The minimum absolute atomic E-state index is 0.0125. The van der Waals surface area contributed by atoms with Gasteiger partial charge in [-0.15, -0.1) is 10.2 Å². The summed E-state index contributed by atoms with van der Waals surface area (Å²) in [5.74, 6) is -0.684. The lowest BCUT2D eigenvalue weighted by Crippen LogP contribution is -2.21. The van der Waals surface area contributed by atoms with E-state index in [0.29, 0.717) is 11.3 Å². The highest BCUT2D eigenvalue weighted by Crippen LogP contribution is 2.28. The second-order valence-electron chi connectivity index (χ2n) is 5.29. The summed E-state index contributed by atoms with van der Waals surface area (Å²) < 4.78 is 62.7. The molecule has 7 nitrogen and oxygen atoms in total. The Kier molecular flexibility index (Phi) is 4.72. The van der Waals surface area contributed by atoms with Crippen molar-refractivity contribution < 1.29 is 27.0 Å². The van der Waals surface area contributed by atoms with Gasteiger partial charge in [0.05, 0.1) is 11.9 Å². The zero-order valence-electron chi connectivity index (χ0n) is 13.6. The summed E-state index contributed by atoms with van der Waals surface area (Å²) in [4.78, 5) is 8.03. The van der Waals surface area contributed by atoms with Gasteiger partial charge in [0.2, 0.25) is 11.7 Å². The maximum absolute atomic E-state index is 13.8. The van der Waals surface area contributed by atoms with Gasteiger partial charge < -0.3 is 9.47 Å². The van der Waals surface area contributed by atoms with Crippen LogP contribution in [0.15, 0.2) is 30.7 Å². The first kappa shape index (κ1) is 18.0. The summed E-state index contributed by atoms with van der Waals surface area (Å²) in [6.07, 6.45) is -3.67. The molecule has 3 aromatic heterocycles. The lowest BCUT2D eigenvalue weighted by Gasteiger charge is -2.13. The van der Waals surface area contributed by atoms with E-state index in [-0.39, 0.29) is 11.5 Å². The Balaban J connectivity index is 1.92. The Morgan fingerprint density at radius 3 is 2.50 bits per heavy atom. The number of fused-ring (bicyclic) bond motifs is 1. The lowest BCUT2D eigenvalue weighted by molar-refractivity contribution is -0.237. The predicted octanol–water partition coefficient (Wildman–Crippen LogP) is 2.91. The van der Waals surface area contributed by atoms with Gasteiger partial charge in [-0.05, 0) is 13.0 Å². The Bertz CT molecular complexity index is 901. The molecule has 3 rings (SSSR count). The van der Waals surface area contributed by atoms with Crippen LogP contribution in [0.1, 0.15) is 12.7 Å². The second kappa shape index (κ2) is 6.83. The number of ether oxygens (including phenoxy) is 2. The van der Waals surface area contributed by atoms with Crippen LogP contribution < -0.4 is 4.74 Å². The highest BCUT2D eigenvalue weighted by Gasteiger charge is 2.37. The number of methoxy groups -OCH3 is 1. The topological polar surface area (TPSA) is 74.4 Å². The standard InChI is InChI=1S/C15H13F4N5O2/c1-8(13(16)17)26-12-4-3-9(5-21-12)10-7-24-11(6-20-10)22-23-14(24)15(18,19)25-2/h3-8,13H,1-2H3/t8-/m1/s1. The predicted molar refractivity (Wildman–Crippen MR) is 81.0 cm³/mol. The highest BCUT2D eigenvalue weighted by molar-refractivity contribution is 5.59. The zero-order valence-corrected chi connectivity index (χ0v) is 13.6. The minimum atomic E-state index is -3.63. The first-order valence-electron chi connectivity index (χ1n) is 7.37. The first-order chi connectivity index (χ1) is 12.3. The van der Waals surface area contributed by atoms with Crippen LogP contribution >= 0.6 is 0 Å². The van der Waals surface area contributed by atoms with Gasteiger partial charge in [0.1, 0.15) is 0 Å². The number of pyridine rings is 1. The van der Waals surface area contributed by atoms with Gasteiger partial charge in [-0.2, -0.15) is 8.78 Å². The molecule has 0 bridgehead atoms. The van der Waals surface area contributed by atoms with E-state index >= 15 is 0 Å². The molecule has 0 N–H and O–H groups in total. The Labute approximate surface area is 144 Å². The number of rotatable bonds is 6. The van der Waals surface area contributed by atoms with Gasteiger partial charge in [-0.25, -0.2) is 13.8 Å². The van der Waals surface area contributed by atoms with Crippen molar-refractivity contribution in [2.75, 3.05) is 7.11 Å². The molecule has 0 saturated carbocycles. The van der Waals surface area contributed by atoms with Crippen LogP contribution in [0, 0.1) is 0 Å². The number of nitrogens with zero attached hydrogens (tertiary/aromatic N) is 5. The quantitative estimate of drug-likeness (QED) is 0.621. The molecule has 1 atom stereocenters. The highest BCUT2D eigenvalue weighted by atomic mass is 19.3. The molecular formula is C15H13F4N5O2. The van der Waals surface area contributed by atoms with Crippen LogP contribution in [0.3, 0.4) is 0 Å². The SMILES string of the molecule is COC(F)(F)c1nnc2cnc(-c3ccc(O[C@H](C)C(F)F)nc3)cn12.